The van der Waals surface area contributed by atoms with Gasteiger partial charge in [0.15, 0.2) is 0 Å². The van der Waals surface area contributed by atoms with Gasteiger partial charge in [-0.15, -0.1) is 0 Å². The number of ether oxygens (including phenoxy) is 2. The highest BCUT2D eigenvalue weighted by Gasteiger charge is 2.07. The number of nitrogens with zero attached hydrogens (tertiary/aromatic N) is 1. The molecule has 0 atom stereocenters. The summed E-state index contributed by atoms with van der Waals surface area (Å²) < 4.78 is 10.5. The molecule has 2 rings (SSSR count). The van der Waals surface area contributed by atoms with Crippen molar-refractivity contribution in [3.8, 4) is 11.5 Å². The van der Waals surface area contributed by atoms with Gasteiger partial charge in [-0.25, -0.2) is 5.43 Å². The first-order chi connectivity index (χ1) is 10.7. The van der Waals surface area contributed by atoms with Gasteiger partial charge in [0.1, 0.15) is 11.5 Å². The first-order valence-corrected chi connectivity index (χ1v) is 6.81. The lowest BCUT2D eigenvalue weighted by molar-refractivity contribution is -0.120. The summed E-state index contributed by atoms with van der Waals surface area (Å²) in [5, 5.41) is 3.97. The number of benzene rings is 2. The second-order valence-electron chi connectivity index (χ2n) is 4.53. The van der Waals surface area contributed by atoms with E-state index in [0.29, 0.717) is 17.1 Å². The Morgan fingerprint density at radius 1 is 1.05 bits per heavy atom. The molecule has 0 heterocycles. The maximum Gasteiger partial charge on any atom is 0.244 e. The molecule has 1 N–H and O–H groups in total. The van der Waals surface area contributed by atoms with Crippen LogP contribution in [0.3, 0.4) is 0 Å². The van der Waals surface area contributed by atoms with Crippen LogP contribution in [0, 0.1) is 0 Å². The van der Waals surface area contributed by atoms with E-state index in [1.807, 2.05) is 36.4 Å². The van der Waals surface area contributed by atoms with Crippen molar-refractivity contribution in [2.24, 2.45) is 5.10 Å². The highest BCUT2D eigenvalue weighted by atomic mass is 16.5. The van der Waals surface area contributed by atoms with Crippen molar-refractivity contribution in [2.75, 3.05) is 14.2 Å². The van der Waals surface area contributed by atoms with E-state index in [2.05, 4.69) is 10.5 Å². The van der Waals surface area contributed by atoms with Crippen molar-refractivity contribution in [3.05, 3.63) is 59.7 Å². The van der Waals surface area contributed by atoms with Gasteiger partial charge in [-0.2, -0.15) is 5.10 Å². The Morgan fingerprint density at radius 2 is 1.68 bits per heavy atom. The predicted octanol–water partition coefficient (Wildman–Crippen LogP) is 2.40. The summed E-state index contributed by atoms with van der Waals surface area (Å²) in [5.74, 6) is 1.07. The first-order valence-electron chi connectivity index (χ1n) is 6.81. The molecule has 0 unspecified atom stereocenters. The molecule has 5 heteroatoms. The van der Waals surface area contributed by atoms with Crippen LogP contribution in [0.2, 0.25) is 0 Å². The molecule has 0 spiro atoms. The zero-order valence-electron chi connectivity index (χ0n) is 12.6. The van der Waals surface area contributed by atoms with Gasteiger partial charge in [-0.3, -0.25) is 4.79 Å². The van der Waals surface area contributed by atoms with Crippen molar-refractivity contribution < 1.29 is 14.3 Å². The molecule has 0 saturated heterocycles. The number of hydrazone groups is 1. The number of rotatable bonds is 6. The van der Waals surface area contributed by atoms with Crippen LogP contribution in [0.1, 0.15) is 11.1 Å². The average molecular weight is 298 g/mol. The van der Waals surface area contributed by atoms with Gasteiger partial charge in [0.25, 0.3) is 0 Å². The number of methoxy groups -OCH3 is 2. The molecule has 0 aliphatic heterocycles. The molecule has 0 aliphatic rings. The van der Waals surface area contributed by atoms with Gasteiger partial charge in [-0.05, 0) is 17.7 Å². The molecule has 0 radical (unpaired) electrons. The highest BCUT2D eigenvalue weighted by Crippen LogP contribution is 2.25. The van der Waals surface area contributed by atoms with E-state index in [4.69, 9.17) is 9.47 Å². The molecule has 2 aromatic carbocycles. The van der Waals surface area contributed by atoms with Gasteiger partial charge in [0.2, 0.25) is 5.91 Å². The summed E-state index contributed by atoms with van der Waals surface area (Å²) in [5.41, 5.74) is 4.11. The Bertz CT molecular complexity index is 632. The van der Waals surface area contributed by atoms with Crippen LogP contribution in [-0.4, -0.2) is 26.3 Å². The molecule has 1 amide bonds. The number of amides is 1. The largest absolute Gasteiger partial charge is 0.496 e. The van der Waals surface area contributed by atoms with Crippen LogP contribution in [0.15, 0.2) is 53.6 Å². The zero-order chi connectivity index (χ0) is 15.8. The second kappa shape index (κ2) is 7.83. The van der Waals surface area contributed by atoms with E-state index >= 15 is 0 Å². The summed E-state index contributed by atoms with van der Waals surface area (Å²) in [6, 6.07) is 14.9. The molecule has 0 aliphatic carbocycles. The van der Waals surface area contributed by atoms with Crippen LogP contribution >= 0.6 is 0 Å². The number of hydrogen-bond donors (Lipinski definition) is 1. The van der Waals surface area contributed by atoms with Crippen LogP contribution in [0.4, 0.5) is 0 Å². The fourth-order valence-electron chi connectivity index (χ4n) is 2.00. The van der Waals surface area contributed by atoms with Gasteiger partial charge in [0.05, 0.1) is 32.4 Å². The molecular weight excluding hydrogens is 280 g/mol. The Hall–Kier alpha value is -2.82. The smallest absolute Gasteiger partial charge is 0.244 e. The van der Waals surface area contributed by atoms with Crippen molar-refractivity contribution in [3.63, 3.8) is 0 Å². The monoisotopic (exact) mass is 298 g/mol. The van der Waals surface area contributed by atoms with Crippen LogP contribution in [0.25, 0.3) is 0 Å². The standard InChI is InChI=1S/C17H18N2O3/c1-21-15-9-6-10-16(22-2)14(15)12-18-19-17(20)11-13-7-4-3-5-8-13/h3-10,12H,11H2,1-2H3,(H,19,20)/b18-12-. The van der Waals surface area contributed by atoms with Crippen molar-refractivity contribution in [1.29, 1.82) is 0 Å². The summed E-state index contributed by atoms with van der Waals surface area (Å²) >= 11 is 0. The normalized spacial score (nSPS) is 10.5. The second-order valence-corrected chi connectivity index (χ2v) is 4.53. The van der Waals surface area contributed by atoms with Crippen molar-refractivity contribution in [1.82, 2.24) is 5.43 Å². The maximum atomic E-state index is 11.8. The van der Waals surface area contributed by atoms with Crippen LogP contribution < -0.4 is 14.9 Å². The van der Waals surface area contributed by atoms with E-state index < -0.39 is 0 Å². The van der Waals surface area contributed by atoms with E-state index in [1.165, 1.54) is 6.21 Å². The summed E-state index contributed by atoms with van der Waals surface area (Å²) in [7, 11) is 3.14. The summed E-state index contributed by atoms with van der Waals surface area (Å²) in [6.45, 7) is 0. The third kappa shape index (κ3) is 4.09. The van der Waals surface area contributed by atoms with Gasteiger partial charge < -0.3 is 9.47 Å². The van der Waals surface area contributed by atoms with E-state index in [9.17, 15) is 4.79 Å². The molecule has 22 heavy (non-hydrogen) atoms. The zero-order valence-corrected chi connectivity index (χ0v) is 12.6. The van der Waals surface area contributed by atoms with Gasteiger partial charge in [-0.1, -0.05) is 36.4 Å². The van der Waals surface area contributed by atoms with Gasteiger partial charge in [0, 0.05) is 0 Å². The lowest BCUT2D eigenvalue weighted by Gasteiger charge is -2.09. The highest BCUT2D eigenvalue weighted by molar-refractivity contribution is 5.88. The number of carbonyl (C=O) groups is 1. The fraction of sp³-hybridized carbons (Fsp3) is 0.176. The van der Waals surface area contributed by atoms with Crippen molar-refractivity contribution >= 4 is 12.1 Å². The molecule has 114 valence electrons. The maximum absolute atomic E-state index is 11.8. The number of carbonyl (C=O) groups excluding carboxylic acids is 1. The minimum absolute atomic E-state index is 0.184. The topological polar surface area (TPSA) is 59.9 Å². The minimum Gasteiger partial charge on any atom is -0.496 e. The van der Waals surface area contributed by atoms with E-state index in [1.54, 1.807) is 26.4 Å². The molecule has 2 aromatic rings. The molecule has 0 fully saturated rings. The Labute approximate surface area is 129 Å². The fourth-order valence-corrected chi connectivity index (χ4v) is 2.00. The summed E-state index contributed by atoms with van der Waals surface area (Å²) in [4.78, 5) is 11.8. The molecule has 0 saturated carbocycles. The number of hydrogen-bond acceptors (Lipinski definition) is 4. The Balaban J connectivity index is 2.02. The third-order valence-electron chi connectivity index (χ3n) is 3.06. The van der Waals surface area contributed by atoms with Gasteiger partial charge >= 0.3 is 0 Å². The molecule has 0 aromatic heterocycles. The minimum atomic E-state index is -0.184. The van der Waals surface area contributed by atoms with E-state index in [-0.39, 0.29) is 12.3 Å². The molecule has 0 bridgehead atoms. The first kappa shape index (κ1) is 15.6. The Morgan fingerprint density at radius 3 is 2.27 bits per heavy atom. The van der Waals surface area contributed by atoms with Crippen LogP contribution in [-0.2, 0) is 11.2 Å². The molecule has 5 nitrogen and oxygen atoms in total. The number of nitrogens with one attached hydrogen (secondary N) is 1. The lowest BCUT2D eigenvalue weighted by Crippen LogP contribution is -2.19. The Kier molecular flexibility index (Phi) is 5.54. The summed E-state index contributed by atoms with van der Waals surface area (Å²) in [6.07, 6.45) is 1.79. The van der Waals surface area contributed by atoms with Crippen molar-refractivity contribution in [2.45, 2.75) is 6.42 Å². The third-order valence-corrected chi connectivity index (χ3v) is 3.06. The average Bonchev–Trinajstić information content (AvgIpc) is 2.55. The van der Waals surface area contributed by atoms with E-state index in [0.717, 1.165) is 5.56 Å². The predicted molar refractivity (Wildman–Crippen MR) is 85.4 cm³/mol. The van der Waals surface area contributed by atoms with Crippen LogP contribution in [0.5, 0.6) is 11.5 Å². The molecular formula is C17H18N2O3. The SMILES string of the molecule is COc1cccc(OC)c1/C=N\NC(=O)Cc1ccccc1. The lowest BCUT2D eigenvalue weighted by atomic mass is 10.1. The quantitative estimate of drug-likeness (QED) is 0.658.